The number of nitriles is 1. The first-order valence-electron chi connectivity index (χ1n) is 6.07. The van der Waals surface area contributed by atoms with Crippen molar-refractivity contribution in [1.29, 1.82) is 5.26 Å². The van der Waals surface area contributed by atoms with Crippen LogP contribution in [-0.2, 0) is 0 Å². The summed E-state index contributed by atoms with van der Waals surface area (Å²) in [6, 6.07) is 5.62. The molecule has 4 heteroatoms. The predicted molar refractivity (Wildman–Crippen MR) is 74.6 cm³/mol. The Labute approximate surface area is 113 Å². The number of hydrogen-bond donors (Lipinski definition) is 1. The molecule has 1 aliphatic rings. The lowest BCUT2D eigenvalue weighted by Gasteiger charge is -2.48. The van der Waals surface area contributed by atoms with Gasteiger partial charge in [-0.15, -0.1) is 0 Å². The summed E-state index contributed by atoms with van der Waals surface area (Å²) in [4.78, 5) is 2.39. The first-order chi connectivity index (χ1) is 8.32. The van der Waals surface area contributed by atoms with Gasteiger partial charge >= 0.3 is 0 Å². The lowest BCUT2D eigenvalue weighted by Crippen LogP contribution is -2.54. The highest BCUT2D eigenvalue weighted by molar-refractivity contribution is 6.34. The summed E-state index contributed by atoms with van der Waals surface area (Å²) in [6.45, 7) is 8.54. The average molecular weight is 264 g/mol. The molecular weight excluding hydrogens is 246 g/mol. The zero-order chi connectivity index (χ0) is 13.5. The van der Waals surface area contributed by atoms with Gasteiger partial charge in [-0.1, -0.05) is 11.6 Å². The van der Waals surface area contributed by atoms with Crippen LogP contribution in [0.25, 0.3) is 0 Å². The summed E-state index contributed by atoms with van der Waals surface area (Å²) in [7, 11) is 0. The van der Waals surface area contributed by atoms with Gasteiger partial charge in [-0.25, -0.2) is 0 Å². The zero-order valence-corrected chi connectivity index (χ0v) is 11.8. The quantitative estimate of drug-likeness (QED) is 0.793. The van der Waals surface area contributed by atoms with E-state index in [-0.39, 0.29) is 5.54 Å². The van der Waals surface area contributed by atoms with Crippen LogP contribution in [0.4, 0.5) is 5.69 Å². The Morgan fingerprint density at radius 2 is 2.00 bits per heavy atom. The predicted octanol–water partition coefficient (Wildman–Crippen LogP) is 2.99. The Kier molecular flexibility index (Phi) is 3.27. The first-order valence-corrected chi connectivity index (χ1v) is 6.45. The second-order valence-electron chi connectivity index (χ2n) is 5.85. The van der Waals surface area contributed by atoms with Crippen LogP contribution in [-0.4, -0.2) is 23.5 Å². The SMILES string of the molecule is CC(C)(C)N1CC(c2cc(C#N)cc(N)c2Cl)C1. The largest absolute Gasteiger partial charge is 0.397 e. The minimum atomic E-state index is 0.182. The van der Waals surface area contributed by atoms with Crippen LogP contribution < -0.4 is 5.73 Å². The van der Waals surface area contributed by atoms with Gasteiger partial charge in [0.2, 0.25) is 0 Å². The molecule has 1 aromatic rings. The molecule has 18 heavy (non-hydrogen) atoms. The summed E-state index contributed by atoms with van der Waals surface area (Å²) in [5.74, 6) is 0.382. The summed E-state index contributed by atoms with van der Waals surface area (Å²) in [5.41, 5.74) is 8.11. The molecule has 2 N–H and O–H groups in total. The topological polar surface area (TPSA) is 53.0 Å². The van der Waals surface area contributed by atoms with Crippen LogP contribution in [0.5, 0.6) is 0 Å². The Hall–Kier alpha value is -1.24. The van der Waals surface area contributed by atoms with Gasteiger partial charge in [0.15, 0.2) is 0 Å². The van der Waals surface area contributed by atoms with Gasteiger partial charge < -0.3 is 5.73 Å². The van der Waals surface area contributed by atoms with E-state index in [2.05, 4.69) is 31.7 Å². The fraction of sp³-hybridized carbons (Fsp3) is 0.500. The van der Waals surface area contributed by atoms with Gasteiger partial charge in [0.1, 0.15) is 0 Å². The molecule has 1 saturated heterocycles. The first kappa shape index (κ1) is 13.2. The number of nitrogens with zero attached hydrogens (tertiary/aromatic N) is 2. The van der Waals surface area contributed by atoms with E-state index >= 15 is 0 Å². The van der Waals surface area contributed by atoms with E-state index < -0.39 is 0 Å². The Balaban J connectivity index is 2.22. The third-order valence-electron chi connectivity index (χ3n) is 3.53. The van der Waals surface area contributed by atoms with Crippen molar-refractivity contribution in [3.05, 3.63) is 28.3 Å². The highest BCUT2D eigenvalue weighted by atomic mass is 35.5. The third kappa shape index (κ3) is 2.31. The molecule has 3 nitrogen and oxygen atoms in total. The maximum atomic E-state index is 8.97. The van der Waals surface area contributed by atoms with Gasteiger partial charge in [-0.3, -0.25) is 4.90 Å². The van der Waals surface area contributed by atoms with Crippen LogP contribution >= 0.6 is 11.6 Å². The summed E-state index contributed by atoms with van der Waals surface area (Å²) in [5, 5.41) is 9.58. The van der Waals surface area contributed by atoms with Crippen LogP contribution in [0.15, 0.2) is 12.1 Å². The lowest BCUT2D eigenvalue weighted by atomic mass is 9.86. The number of halogens is 1. The van der Waals surface area contributed by atoms with Gasteiger partial charge in [0.05, 0.1) is 22.3 Å². The molecule has 1 aliphatic heterocycles. The van der Waals surface area contributed by atoms with Gasteiger partial charge in [-0.2, -0.15) is 5.26 Å². The van der Waals surface area contributed by atoms with Crippen molar-refractivity contribution >= 4 is 17.3 Å². The fourth-order valence-electron chi connectivity index (χ4n) is 2.25. The second kappa shape index (κ2) is 4.46. The molecule has 0 aromatic heterocycles. The smallest absolute Gasteiger partial charge is 0.0992 e. The summed E-state index contributed by atoms with van der Waals surface area (Å²) < 4.78 is 0. The molecule has 0 bridgehead atoms. The molecule has 1 heterocycles. The van der Waals surface area contributed by atoms with Gasteiger partial charge in [0, 0.05) is 24.5 Å². The number of nitrogens with two attached hydrogens (primary N) is 1. The van der Waals surface area contributed by atoms with Gasteiger partial charge in [-0.05, 0) is 38.5 Å². The number of anilines is 1. The number of nitrogen functional groups attached to an aromatic ring is 1. The van der Waals surface area contributed by atoms with E-state index in [0.29, 0.717) is 22.2 Å². The van der Waals surface area contributed by atoms with Crippen molar-refractivity contribution in [2.45, 2.75) is 32.2 Å². The van der Waals surface area contributed by atoms with E-state index in [4.69, 9.17) is 22.6 Å². The molecule has 96 valence electrons. The number of rotatable bonds is 1. The molecule has 0 amide bonds. The zero-order valence-electron chi connectivity index (χ0n) is 11.0. The second-order valence-corrected chi connectivity index (χ2v) is 6.23. The van der Waals surface area contributed by atoms with E-state index in [1.807, 2.05) is 6.07 Å². The normalized spacial score (nSPS) is 17.3. The fourth-order valence-corrected chi connectivity index (χ4v) is 2.52. The molecule has 1 aromatic carbocycles. The average Bonchev–Trinajstić information content (AvgIpc) is 2.19. The van der Waals surface area contributed by atoms with Crippen molar-refractivity contribution in [1.82, 2.24) is 4.90 Å². The highest BCUT2D eigenvalue weighted by Gasteiger charge is 2.36. The molecule has 0 saturated carbocycles. The standard InChI is InChI=1S/C14H18ClN3/c1-14(2,3)18-7-10(8-18)11-4-9(6-16)5-12(17)13(11)15/h4-5,10H,7-8,17H2,1-3H3. The third-order valence-corrected chi connectivity index (χ3v) is 3.96. The van der Waals surface area contributed by atoms with Crippen molar-refractivity contribution in [2.24, 2.45) is 0 Å². The van der Waals surface area contributed by atoms with E-state index in [1.165, 1.54) is 0 Å². The van der Waals surface area contributed by atoms with E-state index in [0.717, 1.165) is 18.7 Å². The van der Waals surface area contributed by atoms with E-state index in [9.17, 15) is 0 Å². The molecule has 0 atom stereocenters. The molecule has 0 unspecified atom stereocenters. The molecule has 0 radical (unpaired) electrons. The number of benzene rings is 1. The summed E-state index contributed by atoms with van der Waals surface area (Å²) in [6.07, 6.45) is 0. The maximum absolute atomic E-state index is 8.97. The molecule has 2 rings (SSSR count). The summed E-state index contributed by atoms with van der Waals surface area (Å²) >= 11 is 6.24. The maximum Gasteiger partial charge on any atom is 0.0992 e. The van der Waals surface area contributed by atoms with Crippen LogP contribution in [0.3, 0.4) is 0 Å². The Morgan fingerprint density at radius 1 is 1.39 bits per heavy atom. The van der Waals surface area contributed by atoms with E-state index in [1.54, 1.807) is 6.07 Å². The van der Waals surface area contributed by atoms with Gasteiger partial charge in [0.25, 0.3) is 0 Å². The number of hydrogen-bond acceptors (Lipinski definition) is 3. The highest BCUT2D eigenvalue weighted by Crippen LogP contribution is 2.38. The minimum Gasteiger partial charge on any atom is -0.397 e. The van der Waals surface area contributed by atoms with Crippen LogP contribution in [0.1, 0.15) is 37.8 Å². The Morgan fingerprint density at radius 3 is 2.50 bits per heavy atom. The molecule has 0 spiro atoms. The molecule has 1 fully saturated rings. The van der Waals surface area contributed by atoms with Crippen LogP contribution in [0.2, 0.25) is 5.02 Å². The Bertz CT molecular complexity index is 505. The van der Waals surface area contributed by atoms with Crippen molar-refractivity contribution in [3.8, 4) is 6.07 Å². The van der Waals surface area contributed by atoms with Crippen LogP contribution in [0, 0.1) is 11.3 Å². The lowest BCUT2D eigenvalue weighted by molar-refractivity contribution is 0.0471. The van der Waals surface area contributed by atoms with Crippen molar-refractivity contribution < 1.29 is 0 Å². The molecular formula is C14H18ClN3. The monoisotopic (exact) mass is 263 g/mol. The number of likely N-dealkylation sites (tertiary alicyclic amines) is 1. The van der Waals surface area contributed by atoms with Crippen molar-refractivity contribution in [2.75, 3.05) is 18.8 Å². The molecule has 0 aliphatic carbocycles. The minimum absolute atomic E-state index is 0.182. The van der Waals surface area contributed by atoms with Crippen molar-refractivity contribution in [3.63, 3.8) is 0 Å².